The van der Waals surface area contributed by atoms with Gasteiger partial charge in [0, 0.05) is 43.7 Å². The molecule has 1 saturated heterocycles. The van der Waals surface area contributed by atoms with E-state index in [9.17, 15) is 30.0 Å². The molecule has 1 amide bonds. The highest BCUT2D eigenvalue weighted by Crippen LogP contribution is 2.69. The summed E-state index contributed by atoms with van der Waals surface area (Å²) in [5, 5.41) is 47.6. The van der Waals surface area contributed by atoms with Gasteiger partial charge in [-0.25, -0.2) is 9.68 Å². The van der Waals surface area contributed by atoms with Gasteiger partial charge < -0.3 is 35.2 Å². The first kappa shape index (κ1) is 31.8. The van der Waals surface area contributed by atoms with E-state index in [-0.39, 0.29) is 25.0 Å². The molecule has 6 aliphatic rings. The highest BCUT2D eigenvalue weighted by atomic mass is 17.3. The average molecular weight is 640 g/mol. The summed E-state index contributed by atoms with van der Waals surface area (Å²) in [5.74, 6) is -1.54. The summed E-state index contributed by atoms with van der Waals surface area (Å²) >= 11 is 0. The van der Waals surface area contributed by atoms with Crippen molar-refractivity contribution in [3.8, 4) is 5.75 Å². The molecule has 5 aliphatic carbocycles. The van der Waals surface area contributed by atoms with Gasteiger partial charge in [-0.05, 0) is 79.7 Å². The molecular formula is C35H45NO10. The average Bonchev–Trinajstić information content (AvgIpc) is 3.01. The van der Waals surface area contributed by atoms with Crippen LogP contribution in [0.4, 0.5) is 0 Å². The number of ether oxygens (including phenoxy) is 2. The van der Waals surface area contributed by atoms with Crippen LogP contribution in [0.2, 0.25) is 0 Å². The van der Waals surface area contributed by atoms with Gasteiger partial charge in [0.05, 0.1) is 24.4 Å². The number of carboxylic acids is 1. The molecule has 0 radical (unpaired) electrons. The molecule has 1 aliphatic heterocycles. The standard InChI is InChI=1S/C35H45NO10/c1-4-27(38)31(40)26-16-33(32(41)42,17-28(39)30(26)36-18(2)37)44-29-7-5-6-21-8-9-22(15-25(21)29)35(43-3)34(45-46-35)23-11-19-10-20(13-23)14-24(34)12-19/h5-9,15,19-20,23-24,26-28,30-31,38-40H,4,10-14,16-17H2,1-3H3,(H,36,37)(H,41,42). The van der Waals surface area contributed by atoms with Gasteiger partial charge in [-0.3, -0.25) is 4.79 Å². The van der Waals surface area contributed by atoms with E-state index in [2.05, 4.69) is 5.32 Å². The number of fused-ring (bicyclic) bond motifs is 1. The maximum atomic E-state index is 13.0. The second kappa shape index (κ2) is 11.4. The Morgan fingerprint density at radius 2 is 1.72 bits per heavy atom. The lowest BCUT2D eigenvalue weighted by atomic mass is 9.47. The van der Waals surface area contributed by atoms with Gasteiger partial charge in [-0.2, -0.15) is 4.89 Å². The maximum Gasteiger partial charge on any atom is 0.348 e. The first-order chi connectivity index (χ1) is 22.0. The third-order valence-electron chi connectivity index (χ3n) is 12.0. The Kier molecular flexibility index (Phi) is 7.89. The fourth-order valence-electron chi connectivity index (χ4n) is 10.0. The third kappa shape index (κ3) is 4.61. The van der Waals surface area contributed by atoms with E-state index in [0.717, 1.165) is 36.6 Å². The van der Waals surface area contributed by atoms with Gasteiger partial charge in [0.1, 0.15) is 5.75 Å². The molecule has 5 N–H and O–H groups in total. The zero-order chi connectivity index (χ0) is 32.6. The Balaban J connectivity index is 1.26. The number of nitrogens with one attached hydrogen (secondary N) is 1. The van der Waals surface area contributed by atoms with Crippen molar-refractivity contribution in [1.29, 1.82) is 0 Å². The van der Waals surface area contributed by atoms with Crippen LogP contribution < -0.4 is 10.1 Å². The fourth-order valence-corrected chi connectivity index (χ4v) is 10.0. The van der Waals surface area contributed by atoms with Gasteiger partial charge >= 0.3 is 5.97 Å². The number of methoxy groups -OCH3 is 1. The van der Waals surface area contributed by atoms with Crippen molar-refractivity contribution in [2.45, 2.75) is 107 Å². The van der Waals surface area contributed by atoms with Crippen LogP contribution in [0.5, 0.6) is 5.75 Å². The van der Waals surface area contributed by atoms with Gasteiger partial charge in [-0.1, -0.05) is 31.2 Å². The monoisotopic (exact) mass is 639 g/mol. The lowest BCUT2D eigenvalue weighted by Gasteiger charge is -2.68. The molecule has 1 spiro atoms. The minimum Gasteiger partial charge on any atom is -0.478 e. The van der Waals surface area contributed by atoms with Gasteiger partial charge in [0.25, 0.3) is 5.79 Å². The lowest BCUT2D eigenvalue weighted by molar-refractivity contribution is -0.645. The van der Waals surface area contributed by atoms with Crippen molar-refractivity contribution in [2.75, 3.05) is 7.11 Å². The Morgan fingerprint density at radius 3 is 2.28 bits per heavy atom. The van der Waals surface area contributed by atoms with E-state index in [1.165, 1.54) is 13.3 Å². The van der Waals surface area contributed by atoms with Crippen LogP contribution >= 0.6 is 0 Å². The van der Waals surface area contributed by atoms with E-state index in [1.807, 2.05) is 24.3 Å². The Labute approximate surface area is 268 Å². The number of hydrogen-bond acceptors (Lipinski definition) is 9. The van der Waals surface area contributed by atoms with Gasteiger partial charge in [0.15, 0.2) is 5.60 Å². The van der Waals surface area contributed by atoms with E-state index in [0.29, 0.717) is 29.1 Å². The van der Waals surface area contributed by atoms with Crippen LogP contribution in [0, 0.1) is 29.6 Å². The molecule has 5 saturated carbocycles. The molecule has 11 nitrogen and oxygen atoms in total. The highest BCUT2D eigenvalue weighted by Gasteiger charge is 2.76. The number of carbonyl (C=O) groups is 2. The number of aliphatic hydroxyl groups excluding tert-OH is 3. The van der Waals surface area contributed by atoms with Crippen molar-refractivity contribution < 1.29 is 49.3 Å². The van der Waals surface area contributed by atoms with Crippen LogP contribution in [0.1, 0.15) is 70.8 Å². The summed E-state index contributed by atoms with van der Waals surface area (Å²) in [6.07, 6.45) is 1.29. The van der Waals surface area contributed by atoms with Crippen molar-refractivity contribution in [3.05, 3.63) is 42.0 Å². The molecule has 11 heteroatoms. The normalized spacial score (nSPS) is 40.8. The van der Waals surface area contributed by atoms with E-state index in [1.54, 1.807) is 26.2 Å². The zero-order valence-electron chi connectivity index (χ0n) is 26.6. The smallest absolute Gasteiger partial charge is 0.348 e. The molecule has 7 unspecified atom stereocenters. The molecule has 6 fully saturated rings. The molecule has 1 heterocycles. The van der Waals surface area contributed by atoms with Crippen LogP contribution in [0.3, 0.4) is 0 Å². The molecule has 7 atom stereocenters. The molecule has 2 aromatic carbocycles. The number of aliphatic carboxylic acids is 1. The van der Waals surface area contributed by atoms with Crippen molar-refractivity contribution in [1.82, 2.24) is 5.32 Å². The fraction of sp³-hybridized carbons (Fsp3) is 0.657. The maximum absolute atomic E-state index is 13.0. The molecule has 2 aromatic rings. The summed E-state index contributed by atoms with van der Waals surface area (Å²) in [6.45, 7) is 2.97. The minimum atomic E-state index is -1.96. The summed E-state index contributed by atoms with van der Waals surface area (Å²) in [4.78, 5) is 37.2. The van der Waals surface area contributed by atoms with E-state index >= 15 is 0 Å². The number of benzene rings is 2. The van der Waals surface area contributed by atoms with Gasteiger partial charge in [0.2, 0.25) is 11.5 Å². The van der Waals surface area contributed by atoms with Crippen molar-refractivity contribution >= 4 is 22.6 Å². The predicted octanol–water partition coefficient (Wildman–Crippen LogP) is 3.41. The molecule has 8 rings (SSSR count). The molecule has 4 bridgehead atoms. The second-order valence-corrected chi connectivity index (χ2v) is 14.5. The van der Waals surface area contributed by atoms with Crippen LogP contribution in [0.25, 0.3) is 10.8 Å². The number of carbonyl (C=O) groups excluding carboxylic acids is 1. The predicted molar refractivity (Wildman–Crippen MR) is 164 cm³/mol. The molecule has 0 aromatic heterocycles. The number of carboxylic acid groups (broad SMARTS) is 1. The lowest BCUT2D eigenvalue weighted by Crippen LogP contribution is -2.76. The van der Waals surface area contributed by atoms with Crippen LogP contribution in [-0.2, 0) is 29.9 Å². The molecule has 250 valence electrons. The second-order valence-electron chi connectivity index (χ2n) is 14.5. The number of aliphatic hydroxyl groups is 3. The molecular weight excluding hydrogens is 594 g/mol. The minimum absolute atomic E-state index is 0.200. The summed E-state index contributed by atoms with van der Waals surface area (Å²) in [5.41, 5.74) is -1.80. The van der Waals surface area contributed by atoms with E-state index in [4.69, 9.17) is 19.2 Å². The summed E-state index contributed by atoms with van der Waals surface area (Å²) in [6, 6.07) is 10.2. The number of hydrogen-bond donors (Lipinski definition) is 5. The Bertz CT molecular complexity index is 1480. The van der Waals surface area contributed by atoms with Crippen LogP contribution in [-0.4, -0.2) is 75.0 Å². The first-order valence-corrected chi connectivity index (χ1v) is 16.7. The van der Waals surface area contributed by atoms with Crippen molar-refractivity contribution in [2.24, 2.45) is 29.6 Å². The number of rotatable bonds is 9. The summed E-state index contributed by atoms with van der Waals surface area (Å²) < 4.78 is 12.7. The summed E-state index contributed by atoms with van der Waals surface area (Å²) in [7, 11) is 1.65. The van der Waals surface area contributed by atoms with Crippen molar-refractivity contribution in [3.63, 3.8) is 0 Å². The van der Waals surface area contributed by atoms with Crippen LogP contribution in [0.15, 0.2) is 36.4 Å². The zero-order valence-corrected chi connectivity index (χ0v) is 26.6. The topological polar surface area (TPSA) is 164 Å². The number of amides is 1. The highest BCUT2D eigenvalue weighted by molar-refractivity contribution is 5.90. The largest absolute Gasteiger partial charge is 0.478 e. The Hall–Kier alpha value is -2.80. The molecule has 46 heavy (non-hydrogen) atoms. The van der Waals surface area contributed by atoms with E-state index < -0.39 is 59.1 Å². The SMILES string of the molecule is CCC(O)C(O)C1CC(Oc2cccc3ccc(C4(OC)OOC45C4CC6CC(C4)CC5C6)cc23)(C(=O)O)CC(O)C1NC(C)=O. The van der Waals surface area contributed by atoms with Gasteiger partial charge in [-0.15, -0.1) is 0 Å². The quantitative estimate of drug-likeness (QED) is 0.257. The Morgan fingerprint density at radius 1 is 1.02 bits per heavy atom. The first-order valence-electron chi connectivity index (χ1n) is 16.7. The third-order valence-corrected chi connectivity index (χ3v) is 12.0.